The standard InChI is InChI=1S/C47H74O2/c1-7-8-9-10-11-12-13-14-15-16-17-18-19-20-21-22-23-27-45(48)49-40-32-34-46(5)39(36-40)28-29-41-43-31-30-42(38(4)26-24-25-37(2)3)47(43,6)35-33-44(41)46/h15-23,27-28,37-38,40-44H,7-14,24-26,29-36H2,1-6H3/t38?,40-,41-,42+,43-,44-,46-,47+/m0/s1. The molecule has 0 heterocycles. The van der Waals surface area contributed by atoms with E-state index in [9.17, 15) is 4.79 Å². The van der Waals surface area contributed by atoms with Crippen LogP contribution >= 0.6 is 0 Å². The maximum absolute atomic E-state index is 12.7. The van der Waals surface area contributed by atoms with Crippen molar-refractivity contribution in [1.29, 1.82) is 0 Å². The van der Waals surface area contributed by atoms with Crippen molar-refractivity contribution in [2.75, 3.05) is 0 Å². The van der Waals surface area contributed by atoms with E-state index < -0.39 is 0 Å². The number of allylic oxidation sites excluding steroid dienone is 10. The molecule has 49 heavy (non-hydrogen) atoms. The van der Waals surface area contributed by atoms with Gasteiger partial charge in [0.05, 0.1) is 0 Å². The number of esters is 1. The molecule has 0 radical (unpaired) electrons. The Bertz CT molecular complexity index is 1180. The second kappa shape index (κ2) is 20.1. The van der Waals surface area contributed by atoms with E-state index in [1.54, 1.807) is 17.7 Å². The van der Waals surface area contributed by atoms with E-state index in [0.717, 1.165) is 54.8 Å². The monoisotopic (exact) mass is 671 g/mol. The summed E-state index contributed by atoms with van der Waals surface area (Å²) in [6.45, 7) is 14.8. The maximum atomic E-state index is 12.7. The van der Waals surface area contributed by atoms with Gasteiger partial charge >= 0.3 is 5.97 Å². The summed E-state index contributed by atoms with van der Waals surface area (Å²) in [5, 5.41) is 0. The molecule has 4 aliphatic carbocycles. The fraction of sp³-hybridized carbons (Fsp3) is 0.723. The third-order valence-electron chi connectivity index (χ3n) is 13.7. The predicted octanol–water partition coefficient (Wildman–Crippen LogP) is 13.9. The van der Waals surface area contributed by atoms with E-state index >= 15 is 0 Å². The molecule has 4 rings (SSSR count). The van der Waals surface area contributed by atoms with Crippen LogP contribution in [0.15, 0.2) is 72.4 Å². The van der Waals surface area contributed by atoms with Crippen LogP contribution in [0, 0.1) is 46.3 Å². The number of fused-ring (bicyclic) bond motifs is 5. The molecule has 0 bridgehead atoms. The molecule has 2 nitrogen and oxygen atoms in total. The van der Waals surface area contributed by atoms with Gasteiger partial charge in [-0.1, -0.05) is 166 Å². The number of rotatable bonds is 19. The highest BCUT2D eigenvalue weighted by Gasteiger charge is 2.59. The lowest BCUT2D eigenvalue weighted by molar-refractivity contribution is -0.145. The lowest BCUT2D eigenvalue weighted by atomic mass is 9.47. The van der Waals surface area contributed by atoms with Crippen LogP contribution in [0.4, 0.5) is 0 Å². The third-order valence-corrected chi connectivity index (χ3v) is 13.7. The van der Waals surface area contributed by atoms with Gasteiger partial charge in [-0.2, -0.15) is 0 Å². The molecule has 0 aromatic heterocycles. The largest absolute Gasteiger partial charge is 0.459 e. The van der Waals surface area contributed by atoms with Crippen molar-refractivity contribution in [3.63, 3.8) is 0 Å². The van der Waals surface area contributed by atoms with Crippen molar-refractivity contribution < 1.29 is 9.53 Å². The molecule has 0 aromatic carbocycles. The maximum Gasteiger partial charge on any atom is 0.331 e. The van der Waals surface area contributed by atoms with Crippen LogP contribution in [-0.4, -0.2) is 12.1 Å². The van der Waals surface area contributed by atoms with E-state index in [0.29, 0.717) is 5.41 Å². The van der Waals surface area contributed by atoms with E-state index in [-0.39, 0.29) is 17.5 Å². The summed E-state index contributed by atoms with van der Waals surface area (Å²) in [6, 6.07) is 0. The second-order valence-corrected chi connectivity index (χ2v) is 17.4. The van der Waals surface area contributed by atoms with Gasteiger partial charge in [-0.05, 0) is 104 Å². The minimum Gasteiger partial charge on any atom is -0.459 e. The lowest BCUT2D eigenvalue weighted by Gasteiger charge is -2.58. The lowest BCUT2D eigenvalue weighted by Crippen LogP contribution is -2.51. The molecule has 0 spiro atoms. The van der Waals surface area contributed by atoms with Crippen LogP contribution in [0.5, 0.6) is 0 Å². The molecular weight excluding hydrogens is 597 g/mol. The van der Waals surface area contributed by atoms with E-state index in [1.807, 2.05) is 24.3 Å². The molecule has 4 aliphatic rings. The predicted molar refractivity (Wildman–Crippen MR) is 211 cm³/mol. The van der Waals surface area contributed by atoms with Crippen LogP contribution in [0.1, 0.15) is 164 Å². The van der Waals surface area contributed by atoms with Crippen LogP contribution in [0.2, 0.25) is 0 Å². The number of hydrogen-bond acceptors (Lipinski definition) is 2. The third kappa shape index (κ3) is 11.2. The number of hydrogen-bond donors (Lipinski definition) is 0. The highest BCUT2D eigenvalue weighted by Crippen LogP contribution is 2.67. The van der Waals surface area contributed by atoms with Gasteiger partial charge in [0.25, 0.3) is 0 Å². The van der Waals surface area contributed by atoms with Crippen molar-refractivity contribution in [2.45, 2.75) is 170 Å². The van der Waals surface area contributed by atoms with Crippen LogP contribution < -0.4 is 0 Å². The fourth-order valence-electron chi connectivity index (χ4n) is 10.9. The molecule has 8 atom stereocenters. The molecule has 3 saturated carbocycles. The summed E-state index contributed by atoms with van der Waals surface area (Å²) < 4.78 is 5.99. The smallest absolute Gasteiger partial charge is 0.331 e. The number of carbonyl (C=O) groups is 1. The number of carbonyl (C=O) groups excluding carboxylic acids is 1. The molecule has 0 aromatic rings. The first kappa shape index (κ1) is 39.7. The average Bonchev–Trinajstić information content (AvgIpc) is 3.43. The van der Waals surface area contributed by atoms with Crippen molar-refractivity contribution in [3.8, 4) is 0 Å². The molecule has 0 aliphatic heterocycles. The molecular formula is C47H74O2. The topological polar surface area (TPSA) is 26.3 Å². The zero-order chi connectivity index (χ0) is 35.1. The molecule has 0 saturated heterocycles. The first-order valence-corrected chi connectivity index (χ1v) is 20.9. The Morgan fingerprint density at radius 1 is 0.796 bits per heavy atom. The number of unbranched alkanes of at least 4 members (excludes halogenated alkanes) is 7. The zero-order valence-electron chi connectivity index (χ0n) is 32.6. The van der Waals surface area contributed by atoms with Gasteiger partial charge in [-0.3, -0.25) is 0 Å². The molecule has 0 amide bonds. The summed E-state index contributed by atoms with van der Waals surface area (Å²) in [4.78, 5) is 12.7. The Morgan fingerprint density at radius 3 is 2.22 bits per heavy atom. The molecule has 0 N–H and O–H groups in total. The van der Waals surface area contributed by atoms with Gasteiger partial charge in [0.2, 0.25) is 0 Å². The number of ether oxygens (including phenoxy) is 1. The quantitative estimate of drug-likeness (QED) is 0.0449. The minimum atomic E-state index is -0.213. The first-order valence-electron chi connectivity index (χ1n) is 20.9. The zero-order valence-corrected chi connectivity index (χ0v) is 32.6. The minimum absolute atomic E-state index is 0.0114. The van der Waals surface area contributed by atoms with Gasteiger partial charge in [0.15, 0.2) is 0 Å². The SMILES string of the molecule is CCCCCCCCCC=CC=CC=CC=CC=CC(=O)O[C@H]1CC[C@@]2(C)C(=CC[C@H]3[C@@H]4CC[C@H](C(C)CCCC(C)C)[C@@]4(C)CC[C@@H]32)C1. The second-order valence-electron chi connectivity index (χ2n) is 17.4. The fourth-order valence-corrected chi connectivity index (χ4v) is 10.9. The van der Waals surface area contributed by atoms with Crippen molar-refractivity contribution >= 4 is 5.97 Å². The molecule has 1 unspecified atom stereocenters. The Balaban J connectivity index is 1.17. The van der Waals surface area contributed by atoms with Crippen LogP contribution in [-0.2, 0) is 9.53 Å². The van der Waals surface area contributed by atoms with Crippen molar-refractivity contribution in [1.82, 2.24) is 0 Å². The van der Waals surface area contributed by atoms with E-state index in [4.69, 9.17) is 4.74 Å². The normalized spacial score (nSPS) is 32.4. The Morgan fingerprint density at radius 2 is 1.49 bits per heavy atom. The summed E-state index contributed by atoms with van der Waals surface area (Å²) in [5.41, 5.74) is 2.41. The van der Waals surface area contributed by atoms with Crippen molar-refractivity contribution in [3.05, 3.63) is 72.4 Å². The highest BCUT2D eigenvalue weighted by molar-refractivity contribution is 5.82. The highest BCUT2D eigenvalue weighted by atomic mass is 16.5. The molecule has 274 valence electrons. The summed E-state index contributed by atoms with van der Waals surface area (Å²) in [5.74, 6) is 4.92. The Labute approximate surface area is 303 Å². The summed E-state index contributed by atoms with van der Waals surface area (Å²) >= 11 is 0. The van der Waals surface area contributed by atoms with Gasteiger partial charge < -0.3 is 4.74 Å². The van der Waals surface area contributed by atoms with Gasteiger partial charge in [0, 0.05) is 12.5 Å². The van der Waals surface area contributed by atoms with Gasteiger partial charge in [-0.25, -0.2) is 4.79 Å². The first-order chi connectivity index (χ1) is 23.7. The van der Waals surface area contributed by atoms with Gasteiger partial charge in [0.1, 0.15) is 6.10 Å². The van der Waals surface area contributed by atoms with Crippen molar-refractivity contribution in [2.24, 2.45) is 46.3 Å². The molecule has 2 heteroatoms. The Hall–Kier alpha value is -2.09. The van der Waals surface area contributed by atoms with Crippen LogP contribution in [0.25, 0.3) is 0 Å². The Kier molecular flexibility index (Phi) is 16.3. The molecule has 3 fully saturated rings. The summed E-state index contributed by atoms with van der Waals surface area (Å²) in [7, 11) is 0. The van der Waals surface area contributed by atoms with Crippen LogP contribution in [0.3, 0.4) is 0 Å². The average molecular weight is 671 g/mol. The summed E-state index contributed by atoms with van der Waals surface area (Å²) in [6.07, 6.45) is 47.3. The van der Waals surface area contributed by atoms with Gasteiger partial charge in [-0.15, -0.1) is 0 Å². The van der Waals surface area contributed by atoms with E-state index in [1.165, 1.54) is 103 Å². The van der Waals surface area contributed by atoms with E-state index in [2.05, 4.69) is 71.9 Å².